The normalized spacial score (nSPS) is 12.8. The summed E-state index contributed by atoms with van der Waals surface area (Å²) in [6.45, 7) is 7.98. The maximum Gasteiger partial charge on any atom is 0.0577 e. The molecule has 0 aromatic rings. The van der Waals surface area contributed by atoms with Crippen LogP contribution < -0.4 is 0 Å². The van der Waals surface area contributed by atoms with Gasteiger partial charge in [-0.25, -0.2) is 0 Å². The molecule has 0 aliphatic heterocycles. The first-order valence-corrected chi connectivity index (χ1v) is 5.49. The third-order valence-electron chi connectivity index (χ3n) is 2.22. The minimum atomic E-state index is -0.154. The first kappa shape index (κ1) is 12.7. The zero-order chi connectivity index (χ0) is 10.1. The summed E-state index contributed by atoms with van der Waals surface area (Å²) >= 11 is 0. The molecule has 1 nitrogen and oxygen atoms in total. The summed E-state index contributed by atoms with van der Waals surface area (Å²) in [4.78, 5) is 0. The van der Waals surface area contributed by atoms with E-state index in [1.165, 1.54) is 25.7 Å². The van der Waals surface area contributed by atoms with Gasteiger partial charge >= 0.3 is 0 Å². The maximum atomic E-state index is 9.52. The molecule has 0 aromatic heterocycles. The largest absolute Gasteiger partial charge is 0.393 e. The Morgan fingerprint density at radius 3 is 2.38 bits per heavy atom. The quantitative estimate of drug-likeness (QED) is 0.451. The predicted molar refractivity (Wildman–Crippen MR) is 58.8 cm³/mol. The standard InChI is InChI=1S/C12H24O/c1-4-5-6-7-8-9-12(13)10-11(2)3/h12-13H,2,4-10H2,1,3H3. The van der Waals surface area contributed by atoms with E-state index in [4.69, 9.17) is 0 Å². The van der Waals surface area contributed by atoms with Gasteiger partial charge in [0.1, 0.15) is 0 Å². The molecule has 0 bridgehead atoms. The van der Waals surface area contributed by atoms with Crippen LogP contribution in [0.15, 0.2) is 12.2 Å². The van der Waals surface area contributed by atoms with Crippen LogP contribution in [0.2, 0.25) is 0 Å². The second kappa shape index (κ2) is 8.31. The molecule has 1 unspecified atom stereocenters. The van der Waals surface area contributed by atoms with Gasteiger partial charge in [0.05, 0.1) is 6.10 Å². The van der Waals surface area contributed by atoms with Crippen LogP contribution >= 0.6 is 0 Å². The summed E-state index contributed by atoms with van der Waals surface area (Å²) in [5.41, 5.74) is 1.08. The van der Waals surface area contributed by atoms with Crippen molar-refractivity contribution in [3.8, 4) is 0 Å². The molecule has 0 aliphatic carbocycles. The molecule has 0 fully saturated rings. The molecular weight excluding hydrogens is 160 g/mol. The highest BCUT2D eigenvalue weighted by molar-refractivity contribution is 4.90. The van der Waals surface area contributed by atoms with Crippen molar-refractivity contribution in [1.29, 1.82) is 0 Å². The molecule has 0 spiro atoms. The van der Waals surface area contributed by atoms with E-state index in [0.29, 0.717) is 0 Å². The Balaban J connectivity index is 3.17. The monoisotopic (exact) mass is 184 g/mol. The van der Waals surface area contributed by atoms with Gasteiger partial charge < -0.3 is 5.11 Å². The van der Waals surface area contributed by atoms with Gasteiger partial charge in [0.15, 0.2) is 0 Å². The molecule has 0 rings (SSSR count). The lowest BCUT2D eigenvalue weighted by atomic mass is 10.0. The van der Waals surface area contributed by atoms with Crippen LogP contribution in [0.4, 0.5) is 0 Å². The Kier molecular flexibility index (Phi) is 8.11. The van der Waals surface area contributed by atoms with Crippen molar-refractivity contribution >= 4 is 0 Å². The van der Waals surface area contributed by atoms with Crippen LogP contribution in [0.5, 0.6) is 0 Å². The van der Waals surface area contributed by atoms with Crippen molar-refractivity contribution in [2.24, 2.45) is 0 Å². The number of hydrogen-bond donors (Lipinski definition) is 1. The van der Waals surface area contributed by atoms with Crippen LogP contribution in [0, 0.1) is 0 Å². The van der Waals surface area contributed by atoms with E-state index in [1.807, 2.05) is 6.92 Å². The highest BCUT2D eigenvalue weighted by Crippen LogP contribution is 2.11. The van der Waals surface area contributed by atoms with E-state index in [1.54, 1.807) is 0 Å². The van der Waals surface area contributed by atoms with Crippen molar-refractivity contribution in [1.82, 2.24) is 0 Å². The number of aliphatic hydroxyl groups is 1. The molecule has 0 aromatic carbocycles. The molecule has 0 amide bonds. The molecule has 78 valence electrons. The van der Waals surface area contributed by atoms with Gasteiger partial charge in [-0.2, -0.15) is 0 Å². The molecule has 13 heavy (non-hydrogen) atoms. The molecule has 1 atom stereocenters. The summed E-state index contributed by atoms with van der Waals surface area (Å²) in [5.74, 6) is 0. The predicted octanol–water partition coefficient (Wildman–Crippen LogP) is 3.67. The van der Waals surface area contributed by atoms with Crippen LogP contribution in [-0.4, -0.2) is 11.2 Å². The number of unbranched alkanes of at least 4 members (excludes halogenated alkanes) is 4. The van der Waals surface area contributed by atoms with E-state index in [-0.39, 0.29) is 6.10 Å². The fourth-order valence-electron chi connectivity index (χ4n) is 1.49. The Bertz CT molecular complexity index is 129. The van der Waals surface area contributed by atoms with Crippen molar-refractivity contribution in [3.63, 3.8) is 0 Å². The van der Waals surface area contributed by atoms with Gasteiger partial charge in [0, 0.05) is 0 Å². The lowest BCUT2D eigenvalue weighted by molar-refractivity contribution is 0.161. The topological polar surface area (TPSA) is 20.2 Å². The Morgan fingerprint density at radius 1 is 1.23 bits per heavy atom. The smallest absolute Gasteiger partial charge is 0.0577 e. The molecule has 0 radical (unpaired) electrons. The highest BCUT2D eigenvalue weighted by Gasteiger charge is 2.02. The summed E-state index contributed by atoms with van der Waals surface area (Å²) < 4.78 is 0. The Labute approximate surface area is 82.9 Å². The van der Waals surface area contributed by atoms with Crippen LogP contribution in [0.3, 0.4) is 0 Å². The Hall–Kier alpha value is -0.300. The highest BCUT2D eigenvalue weighted by atomic mass is 16.3. The zero-order valence-corrected chi connectivity index (χ0v) is 9.18. The van der Waals surface area contributed by atoms with Gasteiger partial charge in [-0.15, -0.1) is 6.58 Å². The third-order valence-corrected chi connectivity index (χ3v) is 2.22. The third kappa shape index (κ3) is 9.62. The summed E-state index contributed by atoms with van der Waals surface area (Å²) in [7, 11) is 0. The van der Waals surface area contributed by atoms with E-state index in [0.717, 1.165) is 24.8 Å². The van der Waals surface area contributed by atoms with Gasteiger partial charge in [-0.3, -0.25) is 0 Å². The van der Waals surface area contributed by atoms with Crippen LogP contribution in [-0.2, 0) is 0 Å². The first-order valence-electron chi connectivity index (χ1n) is 5.49. The van der Waals surface area contributed by atoms with Gasteiger partial charge in [-0.1, -0.05) is 44.6 Å². The zero-order valence-electron chi connectivity index (χ0n) is 9.18. The molecular formula is C12H24O. The first-order chi connectivity index (χ1) is 6.16. The van der Waals surface area contributed by atoms with E-state index in [9.17, 15) is 5.11 Å². The fraction of sp³-hybridized carbons (Fsp3) is 0.833. The lowest BCUT2D eigenvalue weighted by Crippen LogP contribution is -2.06. The van der Waals surface area contributed by atoms with E-state index >= 15 is 0 Å². The van der Waals surface area contributed by atoms with E-state index < -0.39 is 0 Å². The minimum absolute atomic E-state index is 0.154. The van der Waals surface area contributed by atoms with Gasteiger partial charge in [0.25, 0.3) is 0 Å². The van der Waals surface area contributed by atoms with Crippen LogP contribution in [0.25, 0.3) is 0 Å². The second-order valence-corrected chi connectivity index (χ2v) is 4.02. The molecule has 0 aliphatic rings. The number of rotatable bonds is 8. The SMILES string of the molecule is C=C(C)CC(O)CCCCCCC. The van der Waals surface area contributed by atoms with Crippen LogP contribution in [0.1, 0.15) is 58.8 Å². The average Bonchev–Trinajstić information content (AvgIpc) is 2.02. The minimum Gasteiger partial charge on any atom is -0.393 e. The lowest BCUT2D eigenvalue weighted by Gasteiger charge is -2.09. The van der Waals surface area contributed by atoms with Gasteiger partial charge in [0.2, 0.25) is 0 Å². The second-order valence-electron chi connectivity index (χ2n) is 4.02. The molecule has 1 N–H and O–H groups in total. The fourth-order valence-corrected chi connectivity index (χ4v) is 1.49. The Morgan fingerprint density at radius 2 is 1.85 bits per heavy atom. The van der Waals surface area contributed by atoms with E-state index in [2.05, 4.69) is 13.5 Å². The summed E-state index contributed by atoms with van der Waals surface area (Å²) in [5, 5.41) is 9.52. The summed E-state index contributed by atoms with van der Waals surface area (Å²) in [6, 6.07) is 0. The molecule has 1 heteroatoms. The summed E-state index contributed by atoms with van der Waals surface area (Å²) in [6.07, 6.45) is 7.92. The van der Waals surface area contributed by atoms with Crippen molar-refractivity contribution < 1.29 is 5.11 Å². The number of aliphatic hydroxyl groups excluding tert-OH is 1. The van der Waals surface area contributed by atoms with Crippen molar-refractivity contribution in [3.05, 3.63) is 12.2 Å². The maximum absolute atomic E-state index is 9.52. The average molecular weight is 184 g/mol. The van der Waals surface area contributed by atoms with Gasteiger partial charge in [-0.05, 0) is 19.8 Å². The number of hydrogen-bond acceptors (Lipinski definition) is 1. The molecule has 0 saturated carbocycles. The molecule has 0 saturated heterocycles. The molecule has 0 heterocycles. The van der Waals surface area contributed by atoms with Crippen molar-refractivity contribution in [2.45, 2.75) is 64.9 Å². The van der Waals surface area contributed by atoms with Crippen molar-refractivity contribution in [2.75, 3.05) is 0 Å².